The average Bonchev–Trinajstić information content (AvgIpc) is 2.54. The van der Waals surface area contributed by atoms with Crippen molar-refractivity contribution < 1.29 is 4.79 Å². The maximum Gasteiger partial charge on any atom is 0.257 e. The summed E-state index contributed by atoms with van der Waals surface area (Å²) in [4.78, 5) is 27.1. The van der Waals surface area contributed by atoms with E-state index in [1.807, 2.05) is 30.8 Å². The number of nitrogens with two attached hydrogens (primary N) is 1. The molecule has 0 radical (unpaired) electrons. The van der Waals surface area contributed by atoms with Crippen LogP contribution in [0.15, 0.2) is 41.8 Å². The van der Waals surface area contributed by atoms with Crippen molar-refractivity contribution in [1.82, 2.24) is 14.8 Å². The zero-order valence-electron chi connectivity index (χ0n) is 14.2. The summed E-state index contributed by atoms with van der Waals surface area (Å²) in [7, 11) is 4.02. The first kappa shape index (κ1) is 17.7. The summed E-state index contributed by atoms with van der Waals surface area (Å²) in [5.74, 6) is -0.411. The number of carbonyl (C=O) groups excluding carboxylic acids is 1. The van der Waals surface area contributed by atoms with Crippen molar-refractivity contribution >= 4 is 22.5 Å². The molecule has 2 aromatic rings. The molecule has 1 heterocycles. The lowest BCUT2D eigenvalue weighted by atomic mass is 10.1. The van der Waals surface area contributed by atoms with Gasteiger partial charge in [-0.05, 0) is 39.2 Å². The SMILES string of the molecule is C=CCNC(=O)c1cn(CCCN(C)C)c2cccc(N)c2c1=O. The predicted octanol–water partition coefficient (Wildman–Crippen LogP) is 1.45. The highest BCUT2D eigenvalue weighted by Gasteiger charge is 2.16. The van der Waals surface area contributed by atoms with Gasteiger partial charge in [0.1, 0.15) is 5.56 Å². The number of nitrogens with zero attached hydrogens (tertiary/aromatic N) is 2. The summed E-state index contributed by atoms with van der Waals surface area (Å²) in [6, 6.07) is 5.35. The van der Waals surface area contributed by atoms with E-state index in [4.69, 9.17) is 5.73 Å². The Morgan fingerprint density at radius 1 is 1.42 bits per heavy atom. The van der Waals surface area contributed by atoms with Crippen LogP contribution in [0.4, 0.5) is 5.69 Å². The number of nitrogen functional groups attached to an aromatic ring is 1. The van der Waals surface area contributed by atoms with E-state index in [0.717, 1.165) is 18.5 Å². The van der Waals surface area contributed by atoms with Crippen molar-refractivity contribution in [3.05, 3.63) is 52.8 Å². The molecule has 6 heteroatoms. The summed E-state index contributed by atoms with van der Waals surface area (Å²) < 4.78 is 1.93. The van der Waals surface area contributed by atoms with Gasteiger partial charge >= 0.3 is 0 Å². The van der Waals surface area contributed by atoms with Crippen molar-refractivity contribution in [2.24, 2.45) is 0 Å². The quantitative estimate of drug-likeness (QED) is 0.595. The lowest BCUT2D eigenvalue weighted by Crippen LogP contribution is -2.30. The molecule has 0 fully saturated rings. The van der Waals surface area contributed by atoms with Crippen LogP contribution in [-0.4, -0.2) is 42.6 Å². The van der Waals surface area contributed by atoms with E-state index >= 15 is 0 Å². The number of benzene rings is 1. The molecule has 2 rings (SSSR count). The Hall–Kier alpha value is -2.60. The Kier molecular flexibility index (Phi) is 5.76. The fourth-order valence-corrected chi connectivity index (χ4v) is 2.63. The molecular weight excluding hydrogens is 304 g/mol. The minimum Gasteiger partial charge on any atom is -0.398 e. The Labute approximate surface area is 141 Å². The molecule has 0 aliphatic carbocycles. The molecule has 0 aliphatic rings. The van der Waals surface area contributed by atoms with Gasteiger partial charge in [0.05, 0.1) is 10.9 Å². The molecule has 0 bridgehead atoms. The zero-order valence-corrected chi connectivity index (χ0v) is 14.2. The fourth-order valence-electron chi connectivity index (χ4n) is 2.63. The van der Waals surface area contributed by atoms with E-state index in [-0.39, 0.29) is 11.0 Å². The Morgan fingerprint density at radius 3 is 2.83 bits per heavy atom. The first-order chi connectivity index (χ1) is 11.5. The lowest BCUT2D eigenvalue weighted by molar-refractivity contribution is 0.0956. The van der Waals surface area contributed by atoms with Crippen LogP contribution in [-0.2, 0) is 6.54 Å². The minimum absolute atomic E-state index is 0.104. The van der Waals surface area contributed by atoms with E-state index in [2.05, 4.69) is 16.8 Å². The molecular formula is C18H24N4O2. The lowest BCUT2D eigenvalue weighted by Gasteiger charge is -2.16. The number of hydrogen-bond donors (Lipinski definition) is 2. The van der Waals surface area contributed by atoms with Gasteiger partial charge < -0.3 is 20.5 Å². The van der Waals surface area contributed by atoms with Gasteiger partial charge in [-0.2, -0.15) is 0 Å². The third-order valence-electron chi connectivity index (χ3n) is 3.80. The van der Waals surface area contributed by atoms with Gasteiger partial charge in [0, 0.05) is 25.0 Å². The molecule has 6 nitrogen and oxygen atoms in total. The molecule has 1 amide bonds. The number of fused-ring (bicyclic) bond motifs is 1. The first-order valence-electron chi connectivity index (χ1n) is 7.91. The van der Waals surface area contributed by atoms with Crippen molar-refractivity contribution in [2.45, 2.75) is 13.0 Å². The molecule has 1 aromatic heterocycles. The zero-order chi connectivity index (χ0) is 17.7. The van der Waals surface area contributed by atoms with Crippen LogP contribution in [0.3, 0.4) is 0 Å². The van der Waals surface area contributed by atoms with Gasteiger partial charge in [0.15, 0.2) is 0 Å². The molecule has 24 heavy (non-hydrogen) atoms. The van der Waals surface area contributed by atoms with E-state index in [9.17, 15) is 9.59 Å². The Morgan fingerprint density at radius 2 is 2.17 bits per heavy atom. The van der Waals surface area contributed by atoms with Crippen molar-refractivity contribution in [3.63, 3.8) is 0 Å². The Balaban J connectivity index is 2.52. The third-order valence-corrected chi connectivity index (χ3v) is 3.80. The normalized spacial score (nSPS) is 11.0. The maximum atomic E-state index is 12.7. The smallest absolute Gasteiger partial charge is 0.257 e. The second-order valence-corrected chi connectivity index (χ2v) is 5.96. The maximum absolute atomic E-state index is 12.7. The highest BCUT2D eigenvalue weighted by Crippen LogP contribution is 2.18. The number of aryl methyl sites for hydroxylation is 1. The van der Waals surface area contributed by atoms with Gasteiger partial charge in [0.25, 0.3) is 5.91 Å². The molecule has 0 atom stereocenters. The van der Waals surface area contributed by atoms with Crippen molar-refractivity contribution in [3.8, 4) is 0 Å². The molecule has 0 saturated carbocycles. The number of rotatable bonds is 7. The molecule has 0 saturated heterocycles. The monoisotopic (exact) mass is 328 g/mol. The number of hydrogen-bond acceptors (Lipinski definition) is 4. The number of amides is 1. The molecule has 128 valence electrons. The van der Waals surface area contributed by atoms with E-state index < -0.39 is 5.91 Å². The van der Waals surface area contributed by atoms with Crippen LogP contribution >= 0.6 is 0 Å². The number of pyridine rings is 1. The number of carbonyl (C=O) groups is 1. The summed E-state index contributed by atoms with van der Waals surface area (Å²) in [6.45, 7) is 5.48. The topological polar surface area (TPSA) is 80.4 Å². The highest BCUT2D eigenvalue weighted by molar-refractivity contribution is 6.00. The first-order valence-corrected chi connectivity index (χ1v) is 7.91. The highest BCUT2D eigenvalue weighted by atomic mass is 16.2. The van der Waals surface area contributed by atoms with Crippen LogP contribution in [0.1, 0.15) is 16.8 Å². The van der Waals surface area contributed by atoms with Crippen LogP contribution in [0, 0.1) is 0 Å². The second kappa shape index (κ2) is 7.79. The molecule has 0 unspecified atom stereocenters. The minimum atomic E-state index is -0.411. The van der Waals surface area contributed by atoms with E-state index in [1.54, 1.807) is 18.3 Å². The van der Waals surface area contributed by atoms with Crippen LogP contribution in [0.25, 0.3) is 10.9 Å². The van der Waals surface area contributed by atoms with Crippen LogP contribution < -0.4 is 16.5 Å². The van der Waals surface area contributed by atoms with Gasteiger partial charge in [-0.3, -0.25) is 9.59 Å². The van der Waals surface area contributed by atoms with Crippen molar-refractivity contribution in [1.29, 1.82) is 0 Å². The van der Waals surface area contributed by atoms with Crippen molar-refractivity contribution in [2.75, 3.05) is 32.9 Å². The largest absolute Gasteiger partial charge is 0.398 e. The molecule has 0 spiro atoms. The summed E-state index contributed by atoms with van der Waals surface area (Å²) in [5, 5.41) is 3.05. The molecule has 1 aromatic carbocycles. The second-order valence-electron chi connectivity index (χ2n) is 5.96. The van der Waals surface area contributed by atoms with Gasteiger partial charge in [-0.1, -0.05) is 12.1 Å². The third kappa shape index (κ3) is 3.83. The predicted molar refractivity (Wildman–Crippen MR) is 98.3 cm³/mol. The van der Waals surface area contributed by atoms with Gasteiger partial charge in [-0.25, -0.2) is 0 Å². The van der Waals surface area contributed by atoms with E-state index in [1.165, 1.54) is 0 Å². The van der Waals surface area contributed by atoms with Crippen LogP contribution in [0.2, 0.25) is 0 Å². The number of anilines is 1. The molecule has 0 aliphatic heterocycles. The summed E-state index contributed by atoms with van der Waals surface area (Å²) in [5.41, 5.74) is 6.90. The number of nitrogens with one attached hydrogen (secondary N) is 1. The van der Waals surface area contributed by atoms with E-state index in [0.29, 0.717) is 24.2 Å². The van der Waals surface area contributed by atoms with Gasteiger partial charge in [0.2, 0.25) is 5.43 Å². The fraction of sp³-hybridized carbons (Fsp3) is 0.333. The summed E-state index contributed by atoms with van der Waals surface area (Å²) >= 11 is 0. The number of aromatic nitrogens is 1. The molecule has 3 N–H and O–H groups in total. The van der Waals surface area contributed by atoms with Crippen LogP contribution in [0.5, 0.6) is 0 Å². The Bertz CT molecular complexity index is 809. The van der Waals surface area contributed by atoms with Gasteiger partial charge in [-0.15, -0.1) is 6.58 Å². The summed E-state index contributed by atoms with van der Waals surface area (Å²) in [6.07, 6.45) is 4.09. The standard InChI is InChI=1S/C18H24N4O2/c1-4-9-20-18(24)13-12-22(11-6-10-21(2)3)15-8-5-7-14(19)16(15)17(13)23/h4-5,7-8,12H,1,6,9-11,19H2,2-3H3,(H,20,24). The average molecular weight is 328 g/mol.